The minimum Gasteiger partial charge on any atom is -0.414 e. The summed E-state index contributed by atoms with van der Waals surface area (Å²) in [6.07, 6.45) is 3.21. The zero-order chi connectivity index (χ0) is 18.2. The number of rotatable bonds is 3. The van der Waals surface area contributed by atoms with Crippen LogP contribution in [-0.4, -0.2) is 20.2 Å². The van der Waals surface area contributed by atoms with Gasteiger partial charge in [-0.25, -0.2) is 0 Å². The molecule has 0 heterocycles. The van der Waals surface area contributed by atoms with E-state index in [-0.39, 0.29) is 22.5 Å². The third-order valence-electron chi connectivity index (χ3n) is 7.54. The summed E-state index contributed by atoms with van der Waals surface area (Å²) in [6.45, 7) is 22.4. The molecule has 3 aliphatic rings. The van der Waals surface area contributed by atoms with Gasteiger partial charge in [-0.3, -0.25) is 4.79 Å². The van der Waals surface area contributed by atoms with Crippen molar-refractivity contribution in [2.45, 2.75) is 72.2 Å². The maximum Gasteiger partial charge on any atom is 0.192 e. The molecule has 0 aliphatic heterocycles. The molecule has 24 heavy (non-hydrogen) atoms. The molecular weight excluding hydrogens is 312 g/mol. The molecule has 0 saturated heterocycles. The van der Waals surface area contributed by atoms with Crippen molar-refractivity contribution in [2.75, 3.05) is 0 Å². The van der Waals surface area contributed by atoms with E-state index in [2.05, 4.69) is 61.2 Å². The van der Waals surface area contributed by atoms with Gasteiger partial charge in [0.15, 0.2) is 14.1 Å². The van der Waals surface area contributed by atoms with E-state index in [4.69, 9.17) is 4.43 Å². The van der Waals surface area contributed by atoms with Gasteiger partial charge < -0.3 is 4.43 Å². The first-order chi connectivity index (χ1) is 10.9. The van der Waals surface area contributed by atoms with Gasteiger partial charge in [0.25, 0.3) is 0 Å². The molecule has 134 valence electrons. The van der Waals surface area contributed by atoms with Crippen LogP contribution in [0.1, 0.15) is 48.0 Å². The fraction of sp³-hybridized carbons (Fsp3) is 0.762. The lowest BCUT2D eigenvalue weighted by Crippen LogP contribution is -2.48. The van der Waals surface area contributed by atoms with Crippen molar-refractivity contribution in [1.82, 2.24) is 0 Å². The first kappa shape index (κ1) is 18.1. The topological polar surface area (TPSA) is 26.3 Å². The van der Waals surface area contributed by atoms with Crippen LogP contribution in [0, 0.1) is 29.1 Å². The Balaban J connectivity index is 1.98. The first-order valence-corrected chi connectivity index (χ1v) is 12.3. The van der Waals surface area contributed by atoms with E-state index in [1.165, 1.54) is 11.1 Å². The fourth-order valence-corrected chi connectivity index (χ4v) is 6.92. The van der Waals surface area contributed by atoms with Crippen molar-refractivity contribution in [1.29, 1.82) is 0 Å². The molecule has 2 saturated carbocycles. The summed E-state index contributed by atoms with van der Waals surface area (Å²) in [7, 11) is -1.82. The Kier molecular flexibility index (Phi) is 3.90. The van der Waals surface area contributed by atoms with Gasteiger partial charge in [0.1, 0.15) is 0 Å². The van der Waals surface area contributed by atoms with Crippen LogP contribution >= 0.6 is 0 Å². The van der Waals surface area contributed by atoms with E-state index in [9.17, 15) is 4.79 Å². The number of ketones is 1. The van der Waals surface area contributed by atoms with Crippen molar-refractivity contribution in [3.05, 3.63) is 23.8 Å². The van der Waals surface area contributed by atoms with Crippen molar-refractivity contribution in [3.8, 4) is 0 Å². The van der Waals surface area contributed by atoms with Gasteiger partial charge in [-0.05, 0) is 56.3 Å². The highest BCUT2D eigenvalue weighted by atomic mass is 28.4. The van der Waals surface area contributed by atoms with Gasteiger partial charge in [0, 0.05) is 23.4 Å². The average Bonchev–Trinajstić information content (AvgIpc) is 3.00. The minimum absolute atomic E-state index is 0.0214. The van der Waals surface area contributed by atoms with E-state index >= 15 is 0 Å². The van der Waals surface area contributed by atoms with Crippen molar-refractivity contribution >= 4 is 14.1 Å². The highest BCUT2D eigenvalue weighted by molar-refractivity contribution is 6.74. The summed E-state index contributed by atoms with van der Waals surface area (Å²) in [6, 6.07) is 0. The molecule has 0 aromatic carbocycles. The molecule has 2 nitrogen and oxygen atoms in total. The summed E-state index contributed by atoms with van der Waals surface area (Å²) in [4.78, 5) is 12.6. The van der Waals surface area contributed by atoms with Crippen LogP contribution in [0.5, 0.6) is 0 Å². The SMILES string of the molecule is C=C(C)[C@H]1[C@H]2[C@@H](O[Si](C)(C)C(C)(C)C)C[C@@H](C)[C@@H]3C(=O)C=C(C)[C@@]213. The highest BCUT2D eigenvalue weighted by Gasteiger charge is 2.77. The predicted molar refractivity (Wildman–Crippen MR) is 102 cm³/mol. The molecule has 0 unspecified atom stereocenters. The second-order valence-corrected chi connectivity index (χ2v) is 14.9. The molecule has 1 spiro atoms. The quantitative estimate of drug-likeness (QED) is 0.507. The van der Waals surface area contributed by atoms with Crippen LogP contribution < -0.4 is 0 Å². The van der Waals surface area contributed by atoms with Gasteiger partial charge in [0.2, 0.25) is 0 Å². The zero-order valence-corrected chi connectivity index (χ0v) is 17.7. The number of carbonyl (C=O) groups is 1. The maximum absolute atomic E-state index is 12.6. The third-order valence-corrected chi connectivity index (χ3v) is 12.0. The van der Waals surface area contributed by atoms with Crippen LogP contribution in [0.2, 0.25) is 18.1 Å². The lowest BCUT2D eigenvalue weighted by atomic mass is 9.70. The summed E-state index contributed by atoms with van der Waals surface area (Å²) >= 11 is 0. The Morgan fingerprint density at radius 1 is 1.38 bits per heavy atom. The molecule has 2 fully saturated rings. The molecule has 0 radical (unpaired) electrons. The Morgan fingerprint density at radius 3 is 2.46 bits per heavy atom. The lowest BCUT2D eigenvalue weighted by Gasteiger charge is -2.43. The molecule has 0 amide bonds. The van der Waals surface area contributed by atoms with E-state index in [0.29, 0.717) is 23.5 Å². The van der Waals surface area contributed by atoms with E-state index in [0.717, 1.165) is 6.42 Å². The molecule has 0 N–H and O–H groups in total. The Labute approximate surface area is 148 Å². The van der Waals surface area contributed by atoms with Crippen LogP contribution in [0.25, 0.3) is 0 Å². The summed E-state index contributed by atoms with van der Waals surface area (Å²) in [5.41, 5.74) is 2.53. The molecular formula is C21H34O2Si. The minimum atomic E-state index is -1.82. The molecule has 6 atom stereocenters. The molecule has 0 bridgehead atoms. The third kappa shape index (κ3) is 2.20. The van der Waals surface area contributed by atoms with Gasteiger partial charge in [-0.1, -0.05) is 45.4 Å². The van der Waals surface area contributed by atoms with Crippen molar-refractivity contribution in [2.24, 2.45) is 29.1 Å². The molecule has 0 aromatic rings. The van der Waals surface area contributed by atoms with Crippen LogP contribution in [-0.2, 0) is 9.22 Å². The zero-order valence-electron chi connectivity index (χ0n) is 16.7. The van der Waals surface area contributed by atoms with Crippen molar-refractivity contribution in [3.63, 3.8) is 0 Å². The number of carbonyl (C=O) groups excluding carboxylic acids is 1. The number of allylic oxidation sites excluding steroid dienone is 3. The Bertz CT molecular complexity index is 624. The van der Waals surface area contributed by atoms with Gasteiger partial charge >= 0.3 is 0 Å². The summed E-state index contributed by atoms with van der Waals surface area (Å²) < 4.78 is 6.89. The van der Waals surface area contributed by atoms with Crippen LogP contribution in [0.15, 0.2) is 23.8 Å². The Morgan fingerprint density at radius 2 is 1.96 bits per heavy atom. The standard InChI is InChI=1S/C21H34O2Si/c1-12(2)17-19-16(23-24(8,9)20(5,6)7)10-13(3)18-15(22)11-14(4)21(17,18)19/h11,13,16-19H,1,10H2,2-9H3/t13-,16+,17+,18-,19-,21-/m1/s1. The fourth-order valence-electron chi connectivity index (χ4n) is 5.57. The normalized spacial score (nSPS) is 41.6. The number of hydrogen-bond donors (Lipinski definition) is 0. The number of hydrogen-bond acceptors (Lipinski definition) is 2. The van der Waals surface area contributed by atoms with E-state index in [1.54, 1.807) is 0 Å². The second-order valence-electron chi connectivity index (χ2n) is 10.1. The summed E-state index contributed by atoms with van der Waals surface area (Å²) in [5.74, 6) is 1.77. The van der Waals surface area contributed by atoms with Gasteiger partial charge in [-0.2, -0.15) is 0 Å². The largest absolute Gasteiger partial charge is 0.414 e. The predicted octanol–water partition coefficient (Wildman–Crippen LogP) is 5.37. The maximum atomic E-state index is 12.6. The lowest BCUT2D eigenvalue weighted by molar-refractivity contribution is -0.122. The first-order valence-electron chi connectivity index (χ1n) is 9.41. The molecule has 3 heteroatoms. The van der Waals surface area contributed by atoms with Gasteiger partial charge in [0.05, 0.1) is 0 Å². The molecule has 3 aliphatic carbocycles. The van der Waals surface area contributed by atoms with Gasteiger partial charge in [-0.15, -0.1) is 0 Å². The highest BCUT2D eigenvalue weighted by Crippen LogP contribution is 2.77. The van der Waals surface area contributed by atoms with E-state index < -0.39 is 8.32 Å². The van der Waals surface area contributed by atoms with Crippen LogP contribution in [0.4, 0.5) is 0 Å². The Hall–Kier alpha value is -0.673. The van der Waals surface area contributed by atoms with Crippen molar-refractivity contribution < 1.29 is 9.22 Å². The van der Waals surface area contributed by atoms with Crippen LogP contribution in [0.3, 0.4) is 0 Å². The second kappa shape index (κ2) is 5.17. The van der Waals surface area contributed by atoms with E-state index in [1.807, 2.05) is 6.08 Å². The smallest absolute Gasteiger partial charge is 0.192 e. The average molecular weight is 347 g/mol. The molecule has 0 aromatic heterocycles. The molecule has 3 rings (SSSR count). The monoisotopic (exact) mass is 346 g/mol. The summed E-state index contributed by atoms with van der Waals surface area (Å²) in [5, 5.41) is 0.213.